The fraction of sp³-hybridized carbons (Fsp3) is 0.368. The van der Waals surface area contributed by atoms with Gasteiger partial charge in [0.1, 0.15) is 11.3 Å². The van der Waals surface area contributed by atoms with Crippen molar-refractivity contribution in [1.82, 2.24) is 14.4 Å². The molecular weight excluding hydrogens is 338 g/mol. The lowest BCUT2D eigenvalue weighted by molar-refractivity contribution is 0.00467. The molecule has 3 aromatic rings. The number of hydrogen-bond acceptors (Lipinski definition) is 4. The second-order valence-electron chi connectivity index (χ2n) is 6.80. The Bertz CT molecular complexity index is 967. The van der Waals surface area contributed by atoms with Crippen molar-refractivity contribution in [3.8, 4) is 0 Å². The molecule has 0 amide bonds. The first kappa shape index (κ1) is 15.7. The molecule has 0 spiro atoms. The largest absolute Gasteiger partial charge is 0.380 e. The van der Waals surface area contributed by atoms with E-state index in [0.717, 1.165) is 47.8 Å². The van der Waals surface area contributed by atoms with Crippen molar-refractivity contribution in [2.45, 2.75) is 25.2 Å². The van der Waals surface area contributed by atoms with Crippen molar-refractivity contribution in [2.24, 2.45) is 0 Å². The molecule has 4 heterocycles. The van der Waals surface area contributed by atoms with Crippen LogP contribution in [0.4, 0.5) is 20.3 Å². The minimum atomic E-state index is -2.48. The number of fused-ring (bicyclic) bond motifs is 2. The summed E-state index contributed by atoms with van der Waals surface area (Å²) < 4.78 is 33.8. The first-order valence-electron chi connectivity index (χ1n) is 8.80. The Kier molecular flexibility index (Phi) is 3.63. The van der Waals surface area contributed by atoms with Crippen LogP contribution < -0.4 is 4.90 Å². The normalized spacial score (nSPS) is 17.6. The standard InChI is InChI=1S/C19H18F2N4O/c20-17(21)13-4-3-12-2-1-6-24(15(12)8-13)19-16-9-22-5-7-25(16)18(23-19)14-10-26-11-14/h3-5,7-9,14,17H,1-2,6,10-11H2. The zero-order valence-electron chi connectivity index (χ0n) is 14.1. The Morgan fingerprint density at radius 2 is 2.12 bits per heavy atom. The Balaban J connectivity index is 1.66. The van der Waals surface area contributed by atoms with E-state index in [2.05, 4.69) is 9.88 Å². The van der Waals surface area contributed by atoms with Gasteiger partial charge in [-0.3, -0.25) is 9.38 Å². The van der Waals surface area contributed by atoms with Gasteiger partial charge < -0.3 is 9.64 Å². The van der Waals surface area contributed by atoms with Crippen LogP contribution in [0, 0.1) is 0 Å². The van der Waals surface area contributed by atoms with E-state index in [0.29, 0.717) is 13.2 Å². The van der Waals surface area contributed by atoms with E-state index in [1.807, 2.05) is 16.7 Å². The fourth-order valence-corrected chi connectivity index (χ4v) is 3.76. The maximum Gasteiger partial charge on any atom is 0.263 e. The minimum absolute atomic E-state index is 0.0462. The maximum absolute atomic E-state index is 13.2. The SMILES string of the molecule is FC(F)c1ccc2c(c1)N(c1nc(C3COC3)n3ccncc13)CCC2. The first-order valence-corrected chi connectivity index (χ1v) is 8.80. The van der Waals surface area contributed by atoms with Gasteiger partial charge in [0.05, 0.1) is 25.3 Å². The molecular formula is C19H18F2N4O. The summed E-state index contributed by atoms with van der Waals surface area (Å²) in [5.74, 6) is 1.99. The number of aryl methyl sites for hydroxylation is 1. The number of hydrogen-bond donors (Lipinski definition) is 0. The van der Waals surface area contributed by atoms with Crippen molar-refractivity contribution in [3.63, 3.8) is 0 Å². The molecule has 0 atom stereocenters. The minimum Gasteiger partial charge on any atom is -0.380 e. The number of imidazole rings is 1. The predicted molar refractivity (Wildman–Crippen MR) is 93.3 cm³/mol. The molecule has 1 fully saturated rings. The monoisotopic (exact) mass is 356 g/mol. The highest BCUT2D eigenvalue weighted by atomic mass is 19.3. The van der Waals surface area contributed by atoms with Crippen LogP contribution in [0.5, 0.6) is 0 Å². The summed E-state index contributed by atoms with van der Waals surface area (Å²) in [5, 5.41) is 0. The smallest absolute Gasteiger partial charge is 0.263 e. The van der Waals surface area contributed by atoms with E-state index in [1.165, 1.54) is 6.07 Å². The first-order chi connectivity index (χ1) is 12.7. The number of halogens is 2. The van der Waals surface area contributed by atoms with Crippen molar-refractivity contribution < 1.29 is 13.5 Å². The number of benzene rings is 1. The molecule has 26 heavy (non-hydrogen) atoms. The summed E-state index contributed by atoms with van der Waals surface area (Å²) in [7, 11) is 0. The summed E-state index contributed by atoms with van der Waals surface area (Å²) in [6.07, 6.45) is 4.80. The highest BCUT2D eigenvalue weighted by Crippen LogP contribution is 2.38. The van der Waals surface area contributed by atoms with Gasteiger partial charge in [-0.2, -0.15) is 0 Å². The average Bonchev–Trinajstić information content (AvgIpc) is 2.98. The van der Waals surface area contributed by atoms with Crippen LogP contribution in [-0.2, 0) is 11.2 Å². The molecule has 2 aliphatic heterocycles. The molecule has 2 aliphatic rings. The maximum atomic E-state index is 13.2. The number of anilines is 2. The topological polar surface area (TPSA) is 42.7 Å². The Morgan fingerprint density at radius 3 is 2.88 bits per heavy atom. The van der Waals surface area contributed by atoms with Gasteiger partial charge in [0.25, 0.3) is 6.43 Å². The molecule has 2 aromatic heterocycles. The molecule has 5 nitrogen and oxygen atoms in total. The van der Waals surface area contributed by atoms with Crippen molar-refractivity contribution in [1.29, 1.82) is 0 Å². The van der Waals surface area contributed by atoms with Gasteiger partial charge in [0.15, 0.2) is 5.82 Å². The lowest BCUT2D eigenvalue weighted by atomic mass is 9.99. The quantitative estimate of drug-likeness (QED) is 0.715. The van der Waals surface area contributed by atoms with E-state index in [9.17, 15) is 8.78 Å². The fourth-order valence-electron chi connectivity index (χ4n) is 3.76. The highest BCUT2D eigenvalue weighted by molar-refractivity contribution is 5.78. The Morgan fingerprint density at radius 1 is 1.23 bits per heavy atom. The van der Waals surface area contributed by atoms with E-state index in [1.54, 1.807) is 18.5 Å². The third-order valence-corrected chi connectivity index (χ3v) is 5.19. The summed E-state index contributed by atoms with van der Waals surface area (Å²) in [4.78, 5) is 11.2. The van der Waals surface area contributed by atoms with Gasteiger partial charge >= 0.3 is 0 Å². The number of rotatable bonds is 3. The van der Waals surface area contributed by atoms with Gasteiger partial charge in [-0.1, -0.05) is 12.1 Å². The van der Waals surface area contributed by atoms with Gasteiger partial charge in [-0.05, 0) is 24.5 Å². The van der Waals surface area contributed by atoms with E-state index in [-0.39, 0.29) is 11.5 Å². The van der Waals surface area contributed by atoms with Crippen molar-refractivity contribution in [2.75, 3.05) is 24.7 Å². The number of aromatic nitrogens is 3. The molecule has 0 N–H and O–H groups in total. The molecule has 0 bridgehead atoms. The summed E-state index contributed by atoms with van der Waals surface area (Å²) in [6.45, 7) is 2.07. The summed E-state index contributed by atoms with van der Waals surface area (Å²) in [6, 6.07) is 4.95. The third kappa shape index (κ3) is 2.38. The third-order valence-electron chi connectivity index (χ3n) is 5.19. The molecule has 0 unspecified atom stereocenters. The predicted octanol–water partition coefficient (Wildman–Crippen LogP) is 3.87. The zero-order valence-corrected chi connectivity index (χ0v) is 14.1. The van der Waals surface area contributed by atoms with Crippen LogP contribution in [0.15, 0.2) is 36.8 Å². The number of nitrogens with zero attached hydrogens (tertiary/aromatic N) is 4. The number of ether oxygens (including phenoxy) is 1. The highest BCUT2D eigenvalue weighted by Gasteiger charge is 2.30. The van der Waals surface area contributed by atoms with Gasteiger partial charge in [0.2, 0.25) is 0 Å². The van der Waals surface area contributed by atoms with E-state index >= 15 is 0 Å². The van der Waals surface area contributed by atoms with Crippen LogP contribution in [0.25, 0.3) is 5.52 Å². The second kappa shape index (κ2) is 6.02. The Labute approximate surface area is 149 Å². The van der Waals surface area contributed by atoms with Crippen LogP contribution in [0.3, 0.4) is 0 Å². The molecule has 5 rings (SSSR count). The van der Waals surface area contributed by atoms with Crippen molar-refractivity contribution in [3.05, 3.63) is 53.7 Å². The van der Waals surface area contributed by atoms with E-state index < -0.39 is 6.43 Å². The molecule has 1 saturated heterocycles. The van der Waals surface area contributed by atoms with Crippen LogP contribution in [0.1, 0.15) is 35.7 Å². The second-order valence-corrected chi connectivity index (χ2v) is 6.80. The lowest BCUT2D eigenvalue weighted by Gasteiger charge is -2.30. The van der Waals surface area contributed by atoms with Crippen LogP contribution in [0.2, 0.25) is 0 Å². The molecule has 1 aromatic carbocycles. The molecule has 134 valence electrons. The average molecular weight is 356 g/mol. The number of alkyl halides is 2. The molecule has 7 heteroatoms. The summed E-state index contributed by atoms with van der Waals surface area (Å²) in [5.41, 5.74) is 2.85. The van der Waals surface area contributed by atoms with Gasteiger partial charge in [-0.25, -0.2) is 13.8 Å². The van der Waals surface area contributed by atoms with Crippen molar-refractivity contribution >= 4 is 17.0 Å². The molecule has 0 aliphatic carbocycles. The molecule has 0 saturated carbocycles. The van der Waals surface area contributed by atoms with Crippen LogP contribution in [-0.4, -0.2) is 34.1 Å². The molecule has 0 radical (unpaired) electrons. The zero-order chi connectivity index (χ0) is 17.7. The van der Waals surface area contributed by atoms with Gasteiger partial charge in [-0.15, -0.1) is 0 Å². The van der Waals surface area contributed by atoms with E-state index in [4.69, 9.17) is 9.72 Å². The van der Waals surface area contributed by atoms with Crippen LogP contribution >= 0.6 is 0 Å². The Hall–Kier alpha value is -2.54. The lowest BCUT2D eigenvalue weighted by Crippen LogP contribution is -2.27. The van der Waals surface area contributed by atoms with Gasteiger partial charge in [0, 0.05) is 30.2 Å². The summed E-state index contributed by atoms with van der Waals surface area (Å²) >= 11 is 0.